The molecule has 2 heterocycles. The van der Waals surface area contributed by atoms with Gasteiger partial charge in [0.25, 0.3) is 5.91 Å². The maximum absolute atomic E-state index is 13.4. The van der Waals surface area contributed by atoms with Crippen LogP contribution in [0.1, 0.15) is 43.1 Å². The number of fused-ring (bicyclic) bond motifs is 1. The number of halogens is 1. The average molecular weight is 530 g/mol. The largest absolute Gasteiger partial charge is 0.352 e. The Balaban J connectivity index is 1.64. The summed E-state index contributed by atoms with van der Waals surface area (Å²) in [7, 11) is -3.76. The van der Waals surface area contributed by atoms with E-state index in [1.807, 2.05) is 19.1 Å². The Hall–Kier alpha value is -2.68. The van der Waals surface area contributed by atoms with Crippen molar-refractivity contribution in [2.45, 2.75) is 45.1 Å². The molecule has 7 nitrogen and oxygen atoms in total. The van der Waals surface area contributed by atoms with Crippen molar-refractivity contribution < 1.29 is 13.2 Å². The average Bonchev–Trinajstić information content (AvgIpc) is 2.84. The fourth-order valence-corrected chi connectivity index (χ4v) is 6.81. The molecule has 1 aromatic heterocycles. The standard InChI is InChI=1S/C27H32ClN3O4S/c1-4-30-17-24(27(33)29-12-11-20-5-7-21(28)8-6-20)26(32)23-14-22(9-10-25(23)30)36(34,35)31-15-18(2)13-19(3)16-31/h5-10,14,17-19H,4,11-13,15-16H2,1-3H3,(H,29,33)/t18-,19-/m0/s1. The molecule has 9 heteroatoms. The zero-order valence-corrected chi connectivity index (χ0v) is 22.4. The maximum Gasteiger partial charge on any atom is 0.256 e. The van der Waals surface area contributed by atoms with Crippen molar-refractivity contribution in [1.29, 1.82) is 0 Å². The van der Waals surface area contributed by atoms with Gasteiger partial charge in [0.1, 0.15) is 5.56 Å². The lowest BCUT2D eigenvalue weighted by Gasteiger charge is -2.34. The first kappa shape index (κ1) is 26.4. The van der Waals surface area contributed by atoms with E-state index in [1.54, 1.807) is 35.0 Å². The van der Waals surface area contributed by atoms with Crippen LogP contribution in [-0.4, -0.2) is 42.8 Å². The van der Waals surface area contributed by atoms with Gasteiger partial charge in [0, 0.05) is 42.8 Å². The van der Waals surface area contributed by atoms with Gasteiger partial charge < -0.3 is 9.88 Å². The molecular formula is C27H32ClN3O4S. The molecule has 0 unspecified atom stereocenters. The number of rotatable bonds is 7. The van der Waals surface area contributed by atoms with Crippen LogP contribution in [-0.2, 0) is 23.0 Å². The van der Waals surface area contributed by atoms with Gasteiger partial charge in [0.15, 0.2) is 0 Å². The summed E-state index contributed by atoms with van der Waals surface area (Å²) in [4.78, 5) is 26.4. The number of piperidine rings is 1. The summed E-state index contributed by atoms with van der Waals surface area (Å²) in [5.41, 5.74) is 1.13. The van der Waals surface area contributed by atoms with E-state index in [-0.39, 0.29) is 27.7 Å². The Labute approximate surface area is 217 Å². The van der Waals surface area contributed by atoms with Gasteiger partial charge in [0.2, 0.25) is 15.5 Å². The highest BCUT2D eigenvalue weighted by molar-refractivity contribution is 7.89. The smallest absolute Gasteiger partial charge is 0.256 e. The molecule has 4 rings (SSSR count). The first-order valence-electron chi connectivity index (χ1n) is 12.3. The van der Waals surface area contributed by atoms with Crippen molar-refractivity contribution >= 4 is 38.4 Å². The number of pyridine rings is 1. The van der Waals surface area contributed by atoms with E-state index in [2.05, 4.69) is 19.2 Å². The van der Waals surface area contributed by atoms with Crippen LogP contribution in [0.5, 0.6) is 0 Å². The van der Waals surface area contributed by atoms with Gasteiger partial charge in [0.05, 0.1) is 10.4 Å². The Morgan fingerprint density at radius 3 is 2.39 bits per heavy atom. The number of carbonyl (C=O) groups is 1. The Morgan fingerprint density at radius 2 is 1.75 bits per heavy atom. The molecule has 3 aromatic rings. The van der Waals surface area contributed by atoms with E-state index in [1.165, 1.54) is 10.4 Å². The lowest BCUT2D eigenvalue weighted by Crippen LogP contribution is -2.42. The number of aromatic nitrogens is 1. The molecule has 36 heavy (non-hydrogen) atoms. The van der Waals surface area contributed by atoms with E-state index in [0.717, 1.165) is 12.0 Å². The van der Waals surface area contributed by atoms with Crippen LogP contribution in [0, 0.1) is 11.8 Å². The predicted molar refractivity (Wildman–Crippen MR) is 143 cm³/mol. The summed E-state index contributed by atoms with van der Waals surface area (Å²) in [6, 6.07) is 12.0. The lowest BCUT2D eigenvalue weighted by atomic mass is 9.94. The van der Waals surface area contributed by atoms with Crippen molar-refractivity contribution in [3.05, 3.63) is 75.0 Å². The van der Waals surface area contributed by atoms with Gasteiger partial charge >= 0.3 is 0 Å². The Bertz CT molecular complexity index is 1420. The van der Waals surface area contributed by atoms with E-state index in [4.69, 9.17) is 11.6 Å². The highest BCUT2D eigenvalue weighted by Crippen LogP contribution is 2.28. The van der Waals surface area contributed by atoms with Gasteiger partial charge in [-0.05, 0) is 67.5 Å². The van der Waals surface area contributed by atoms with Crippen LogP contribution in [0.3, 0.4) is 0 Å². The van der Waals surface area contributed by atoms with E-state index in [9.17, 15) is 18.0 Å². The zero-order valence-electron chi connectivity index (χ0n) is 20.8. The maximum atomic E-state index is 13.4. The van der Waals surface area contributed by atoms with Gasteiger partial charge in [-0.3, -0.25) is 9.59 Å². The zero-order chi connectivity index (χ0) is 26.0. The van der Waals surface area contributed by atoms with E-state index >= 15 is 0 Å². The second-order valence-corrected chi connectivity index (χ2v) is 12.1. The topological polar surface area (TPSA) is 88.5 Å². The second-order valence-electron chi connectivity index (χ2n) is 9.74. The molecule has 0 radical (unpaired) electrons. The number of aryl methyl sites for hydroxylation is 1. The van der Waals surface area contributed by atoms with Crippen LogP contribution >= 0.6 is 11.6 Å². The predicted octanol–water partition coefficient (Wildman–Crippen LogP) is 4.31. The molecular weight excluding hydrogens is 498 g/mol. The number of amides is 1. The van der Waals surface area contributed by atoms with Crippen molar-refractivity contribution in [2.75, 3.05) is 19.6 Å². The molecule has 0 bridgehead atoms. The fraction of sp³-hybridized carbons (Fsp3) is 0.407. The van der Waals surface area contributed by atoms with Crippen molar-refractivity contribution in [3.8, 4) is 0 Å². The summed E-state index contributed by atoms with van der Waals surface area (Å²) in [6.07, 6.45) is 3.12. The molecule has 0 aliphatic carbocycles. The van der Waals surface area contributed by atoms with E-state index in [0.29, 0.717) is 43.1 Å². The summed E-state index contributed by atoms with van der Waals surface area (Å²) in [5.74, 6) is 0.0546. The van der Waals surface area contributed by atoms with Crippen LogP contribution in [0.2, 0.25) is 5.02 Å². The molecule has 1 amide bonds. The molecule has 1 aliphatic heterocycles. The first-order chi connectivity index (χ1) is 17.1. The summed E-state index contributed by atoms with van der Waals surface area (Å²) in [5, 5.41) is 3.68. The Kier molecular flexibility index (Phi) is 7.87. The van der Waals surface area contributed by atoms with Gasteiger partial charge in [-0.1, -0.05) is 37.6 Å². The third-order valence-electron chi connectivity index (χ3n) is 6.72. The number of nitrogens with one attached hydrogen (secondary N) is 1. The van der Waals surface area contributed by atoms with Crippen LogP contribution < -0.4 is 10.7 Å². The molecule has 1 saturated heterocycles. The number of nitrogens with zero attached hydrogens (tertiary/aromatic N) is 2. The molecule has 192 valence electrons. The monoisotopic (exact) mass is 529 g/mol. The number of carbonyl (C=O) groups excluding carboxylic acids is 1. The summed E-state index contributed by atoms with van der Waals surface area (Å²) in [6.45, 7) is 7.80. The van der Waals surface area contributed by atoms with Crippen molar-refractivity contribution in [3.63, 3.8) is 0 Å². The van der Waals surface area contributed by atoms with E-state index < -0.39 is 21.4 Å². The summed E-state index contributed by atoms with van der Waals surface area (Å²) < 4.78 is 30.2. The van der Waals surface area contributed by atoms with Crippen LogP contribution in [0.4, 0.5) is 0 Å². The molecule has 1 fully saturated rings. The van der Waals surface area contributed by atoms with Gasteiger partial charge in [-0.2, -0.15) is 4.31 Å². The number of sulfonamides is 1. The normalized spacial score (nSPS) is 18.9. The van der Waals surface area contributed by atoms with Gasteiger partial charge in [-0.25, -0.2) is 8.42 Å². The molecule has 1 aliphatic rings. The third kappa shape index (κ3) is 5.51. The first-order valence-corrected chi connectivity index (χ1v) is 14.1. The highest BCUT2D eigenvalue weighted by Gasteiger charge is 2.32. The van der Waals surface area contributed by atoms with Crippen molar-refractivity contribution in [1.82, 2.24) is 14.2 Å². The number of hydrogen-bond donors (Lipinski definition) is 1. The summed E-state index contributed by atoms with van der Waals surface area (Å²) >= 11 is 5.92. The minimum absolute atomic E-state index is 0.00442. The van der Waals surface area contributed by atoms with Gasteiger partial charge in [-0.15, -0.1) is 0 Å². The quantitative estimate of drug-likeness (QED) is 0.494. The fourth-order valence-electron chi connectivity index (χ4n) is 4.98. The second kappa shape index (κ2) is 10.7. The lowest BCUT2D eigenvalue weighted by molar-refractivity contribution is 0.0952. The molecule has 2 aromatic carbocycles. The molecule has 0 saturated carbocycles. The Morgan fingerprint density at radius 1 is 1.08 bits per heavy atom. The molecule has 2 atom stereocenters. The minimum Gasteiger partial charge on any atom is -0.352 e. The van der Waals surface area contributed by atoms with Crippen LogP contribution in [0.25, 0.3) is 10.9 Å². The van der Waals surface area contributed by atoms with Crippen LogP contribution in [0.15, 0.2) is 58.4 Å². The molecule has 1 N–H and O–H groups in total. The number of hydrogen-bond acceptors (Lipinski definition) is 4. The molecule has 0 spiro atoms. The number of benzene rings is 2. The third-order valence-corrected chi connectivity index (χ3v) is 8.80. The van der Waals surface area contributed by atoms with Crippen molar-refractivity contribution in [2.24, 2.45) is 11.8 Å². The minimum atomic E-state index is -3.76. The SMILES string of the molecule is CCn1cc(C(=O)NCCc2ccc(Cl)cc2)c(=O)c2cc(S(=O)(=O)N3C[C@@H](C)C[C@H](C)C3)ccc21. The highest BCUT2D eigenvalue weighted by atomic mass is 35.5.